The summed E-state index contributed by atoms with van der Waals surface area (Å²) < 4.78 is 10.3. The number of benzene rings is 2. The highest BCUT2D eigenvalue weighted by Crippen LogP contribution is 2.30. The van der Waals surface area contributed by atoms with Crippen LogP contribution in [-0.4, -0.2) is 48.4 Å². The van der Waals surface area contributed by atoms with E-state index < -0.39 is 6.04 Å². The van der Waals surface area contributed by atoms with E-state index in [4.69, 9.17) is 9.15 Å². The number of hydrogen-bond acceptors (Lipinski definition) is 5. The molecular formula is C26H23N3O5. The molecule has 0 aliphatic carbocycles. The van der Waals surface area contributed by atoms with Crippen LogP contribution in [0.15, 0.2) is 65.3 Å². The normalized spacial score (nSPS) is 19.4. The first-order chi connectivity index (χ1) is 16.5. The molecule has 3 aromatic rings. The minimum Gasteiger partial charge on any atom is -0.497 e. The quantitative estimate of drug-likeness (QED) is 0.572. The van der Waals surface area contributed by atoms with Gasteiger partial charge in [0.05, 0.1) is 24.6 Å². The van der Waals surface area contributed by atoms with Crippen molar-refractivity contribution >= 4 is 35.6 Å². The number of nitrogens with one attached hydrogen (secondary N) is 2. The van der Waals surface area contributed by atoms with Crippen LogP contribution in [0, 0.1) is 0 Å². The van der Waals surface area contributed by atoms with Crippen molar-refractivity contribution < 1.29 is 23.5 Å². The molecule has 2 N–H and O–H groups in total. The molecule has 0 radical (unpaired) electrons. The molecule has 5 rings (SSSR count). The summed E-state index contributed by atoms with van der Waals surface area (Å²) in [5.74, 6) is 0.0990. The fourth-order valence-electron chi connectivity index (χ4n) is 4.31. The van der Waals surface area contributed by atoms with Gasteiger partial charge in [0.2, 0.25) is 5.91 Å². The number of fused-ring (bicyclic) bond motifs is 2. The predicted octanol–water partition coefficient (Wildman–Crippen LogP) is 3.42. The SMILES string of the molecule is COc1ccc(/C=C/c2ccc3c(c2)C(=O)N2C[C@@H](NC(=O)c4ccco4)C[C@H]2C(=O)N3)cc1. The van der Waals surface area contributed by atoms with Crippen molar-refractivity contribution in [3.05, 3.63) is 83.3 Å². The monoisotopic (exact) mass is 457 g/mol. The summed E-state index contributed by atoms with van der Waals surface area (Å²) in [5.41, 5.74) is 2.73. The third-order valence-corrected chi connectivity index (χ3v) is 6.06. The van der Waals surface area contributed by atoms with Gasteiger partial charge in [0.25, 0.3) is 11.8 Å². The number of rotatable bonds is 5. The Labute approximate surface area is 196 Å². The largest absolute Gasteiger partial charge is 0.497 e. The van der Waals surface area contributed by atoms with Gasteiger partial charge in [-0.25, -0.2) is 0 Å². The van der Waals surface area contributed by atoms with E-state index in [1.54, 1.807) is 31.4 Å². The number of methoxy groups -OCH3 is 1. The number of anilines is 1. The number of carbonyl (C=O) groups is 3. The van der Waals surface area contributed by atoms with E-state index in [0.29, 0.717) is 17.7 Å². The molecule has 3 heterocycles. The molecule has 1 fully saturated rings. The third-order valence-electron chi connectivity index (χ3n) is 6.06. The molecule has 0 bridgehead atoms. The van der Waals surface area contributed by atoms with E-state index in [1.165, 1.54) is 11.2 Å². The molecule has 1 saturated heterocycles. The maximum Gasteiger partial charge on any atom is 0.287 e. The molecular weight excluding hydrogens is 434 g/mol. The second-order valence-corrected chi connectivity index (χ2v) is 8.26. The Bertz CT molecular complexity index is 1260. The Morgan fingerprint density at radius 1 is 1.12 bits per heavy atom. The maximum atomic E-state index is 13.4. The van der Waals surface area contributed by atoms with Gasteiger partial charge in [0, 0.05) is 12.6 Å². The molecule has 8 heteroatoms. The Balaban J connectivity index is 1.34. The number of furan rings is 1. The van der Waals surface area contributed by atoms with Crippen LogP contribution in [-0.2, 0) is 4.79 Å². The van der Waals surface area contributed by atoms with Crippen LogP contribution in [0.25, 0.3) is 12.2 Å². The average Bonchev–Trinajstić information content (AvgIpc) is 3.52. The first kappa shape index (κ1) is 21.5. The lowest BCUT2D eigenvalue weighted by molar-refractivity contribution is -0.119. The zero-order chi connectivity index (χ0) is 23.7. The predicted molar refractivity (Wildman–Crippen MR) is 126 cm³/mol. The molecule has 0 unspecified atom stereocenters. The summed E-state index contributed by atoms with van der Waals surface area (Å²) in [6, 6.07) is 15.2. The van der Waals surface area contributed by atoms with Crippen LogP contribution >= 0.6 is 0 Å². The first-order valence-electron chi connectivity index (χ1n) is 10.9. The van der Waals surface area contributed by atoms with Gasteiger partial charge < -0.3 is 24.7 Å². The van der Waals surface area contributed by atoms with Gasteiger partial charge in [-0.15, -0.1) is 0 Å². The van der Waals surface area contributed by atoms with Gasteiger partial charge in [-0.05, 0) is 53.9 Å². The fraction of sp³-hybridized carbons (Fsp3) is 0.192. The molecule has 0 saturated carbocycles. The average molecular weight is 457 g/mol. The van der Waals surface area contributed by atoms with Crippen LogP contribution < -0.4 is 15.4 Å². The van der Waals surface area contributed by atoms with Crippen molar-refractivity contribution in [1.82, 2.24) is 10.2 Å². The van der Waals surface area contributed by atoms with Crippen LogP contribution in [0.4, 0.5) is 5.69 Å². The maximum absolute atomic E-state index is 13.4. The summed E-state index contributed by atoms with van der Waals surface area (Å²) in [5, 5.41) is 5.72. The van der Waals surface area contributed by atoms with Crippen LogP contribution in [0.2, 0.25) is 0 Å². The van der Waals surface area contributed by atoms with E-state index in [0.717, 1.165) is 16.9 Å². The van der Waals surface area contributed by atoms with Gasteiger partial charge >= 0.3 is 0 Å². The van der Waals surface area contributed by atoms with Crippen molar-refractivity contribution in [2.24, 2.45) is 0 Å². The molecule has 34 heavy (non-hydrogen) atoms. The van der Waals surface area contributed by atoms with Crippen molar-refractivity contribution in [1.29, 1.82) is 0 Å². The van der Waals surface area contributed by atoms with E-state index in [2.05, 4.69) is 10.6 Å². The van der Waals surface area contributed by atoms with Crippen LogP contribution in [0.5, 0.6) is 5.75 Å². The van der Waals surface area contributed by atoms with Gasteiger partial charge in [-0.2, -0.15) is 0 Å². The number of carbonyl (C=O) groups excluding carboxylic acids is 3. The van der Waals surface area contributed by atoms with E-state index in [-0.39, 0.29) is 36.1 Å². The molecule has 8 nitrogen and oxygen atoms in total. The second kappa shape index (κ2) is 8.90. The summed E-state index contributed by atoms with van der Waals surface area (Å²) in [6.45, 7) is 0.245. The van der Waals surface area contributed by atoms with Gasteiger partial charge in [0.1, 0.15) is 11.8 Å². The number of ether oxygens (including phenoxy) is 1. The molecule has 172 valence electrons. The minimum absolute atomic E-state index is 0.191. The minimum atomic E-state index is -0.653. The summed E-state index contributed by atoms with van der Waals surface area (Å²) in [6.07, 6.45) is 5.61. The van der Waals surface area contributed by atoms with Gasteiger partial charge in [-0.1, -0.05) is 30.4 Å². The molecule has 2 aromatic carbocycles. The van der Waals surface area contributed by atoms with Gasteiger partial charge in [0.15, 0.2) is 5.76 Å². The summed E-state index contributed by atoms with van der Waals surface area (Å²) in [7, 11) is 1.62. The second-order valence-electron chi connectivity index (χ2n) is 8.26. The van der Waals surface area contributed by atoms with E-state index in [9.17, 15) is 14.4 Å². The first-order valence-corrected chi connectivity index (χ1v) is 10.9. The van der Waals surface area contributed by atoms with Crippen molar-refractivity contribution in [2.45, 2.75) is 18.5 Å². The lowest BCUT2D eigenvalue weighted by Gasteiger charge is -2.20. The molecule has 0 spiro atoms. The van der Waals surface area contributed by atoms with E-state index in [1.807, 2.05) is 42.5 Å². The van der Waals surface area contributed by atoms with Crippen molar-refractivity contribution in [3.8, 4) is 5.75 Å². The number of nitrogens with zero attached hydrogens (tertiary/aromatic N) is 1. The number of hydrogen-bond donors (Lipinski definition) is 2. The number of amides is 3. The highest BCUT2D eigenvalue weighted by atomic mass is 16.5. The standard InChI is InChI=1S/C26H23N3O5/c1-33-19-9-6-16(7-10-19)4-5-17-8-11-21-20(13-17)26(32)29-15-18(14-22(29)24(30)28-21)27-25(31)23-3-2-12-34-23/h2-13,18,22H,14-15H2,1H3,(H,27,31)(H,28,30)/b5-4+/t18-,22-/m0/s1. The molecule has 1 aromatic heterocycles. The van der Waals surface area contributed by atoms with Gasteiger partial charge in [-0.3, -0.25) is 14.4 Å². The van der Waals surface area contributed by atoms with Crippen molar-refractivity contribution in [2.75, 3.05) is 19.0 Å². The highest BCUT2D eigenvalue weighted by molar-refractivity contribution is 6.10. The summed E-state index contributed by atoms with van der Waals surface area (Å²) >= 11 is 0. The van der Waals surface area contributed by atoms with Crippen molar-refractivity contribution in [3.63, 3.8) is 0 Å². The Hall–Kier alpha value is -4.33. The lowest BCUT2D eigenvalue weighted by Crippen LogP contribution is -2.41. The molecule has 2 aliphatic rings. The van der Waals surface area contributed by atoms with Crippen LogP contribution in [0.1, 0.15) is 38.5 Å². The Kier molecular flexibility index (Phi) is 5.63. The smallest absolute Gasteiger partial charge is 0.287 e. The molecule has 3 amide bonds. The summed E-state index contributed by atoms with van der Waals surface area (Å²) in [4.78, 5) is 40.1. The third kappa shape index (κ3) is 4.17. The van der Waals surface area contributed by atoms with Crippen LogP contribution in [0.3, 0.4) is 0 Å². The topological polar surface area (TPSA) is 101 Å². The molecule has 2 atom stereocenters. The Morgan fingerprint density at radius 2 is 1.88 bits per heavy atom. The fourth-order valence-corrected chi connectivity index (χ4v) is 4.31. The Morgan fingerprint density at radius 3 is 2.62 bits per heavy atom. The highest BCUT2D eigenvalue weighted by Gasteiger charge is 2.43. The van der Waals surface area contributed by atoms with E-state index >= 15 is 0 Å². The zero-order valence-electron chi connectivity index (χ0n) is 18.5. The zero-order valence-corrected chi connectivity index (χ0v) is 18.5. The lowest BCUT2D eigenvalue weighted by atomic mass is 10.1. The molecule has 2 aliphatic heterocycles.